The Morgan fingerprint density at radius 1 is 1.14 bits per heavy atom. The zero-order valence-electron chi connectivity index (χ0n) is 15.0. The lowest BCUT2D eigenvalue weighted by atomic mass is 10.2. The number of nitrogens with zero attached hydrogens (tertiary/aromatic N) is 4. The van der Waals surface area contributed by atoms with Crippen LogP contribution in [0.2, 0.25) is 5.02 Å². The van der Waals surface area contributed by atoms with Crippen LogP contribution in [0.5, 0.6) is 0 Å². The van der Waals surface area contributed by atoms with Gasteiger partial charge in [-0.3, -0.25) is 14.2 Å². The highest BCUT2D eigenvalue weighted by molar-refractivity contribution is 6.31. The molecule has 28 heavy (non-hydrogen) atoms. The van der Waals surface area contributed by atoms with Crippen molar-refractivity contribution in [1.29, 1.82) is 0 Å². The Balaban J connectivity index is 1.60. The number of halogens is 1. The molecule has 8 heteroatoms. The molecule has 2 aromatic heterocycles. The van der Waals surface area contributed by atoms with Gasteiger partial charge >= 0.3 is 0 Å². The van der Waals surface area contributed by atoms with Gasteiger partial charge in [-0.25, -0.2) is 9.67 Å². The lowest BCUT2D eigenvalue weighted by Gasteiger charge is -2.10. The van der Waals surface area contributed by atoms with Crippen LogP contribution in [0.3, 0.4) is 0 Å². The number of benzene rings is 2. The van der Waals surface area contributed by atoms with Crippen molar-refractivity contribution in [3.8, 4) is 5.69 Å². The molecule has 7 nitrogen and oxygen atoms in total. The van der Waals surface area contributed by atoms with Crippen LogP contribution in [0.1, 0.15) is 5.69 Å². The van der Waals surface area contributed by atoms with Crippen molar-refractivity contribution in [1.82, 2.24) is 19.3 Å². The van der Waals surface area contributed by atoms with E-state index >= 15 is 0 Å². The Hall–Kier alpha value is -3.45. The molecule has 1 N–H and O–H groups in total. The highest BCUT2D eigenvalue weighted by atomic mass is 35.5. The van der Waals surface area contributed by atoms with Crippen LogP contribution in [0.15, 0.2) is 65.7 Å². The predicted octanol–water partition coefficient (Wildman–Crippen LogP) is 3.18. The smallest absolute Gasteiger partial charge is 0.261 e. The first-order valence-corrected chi connectivity index (χ1v) is 8.96. The molecule has 0 fully saturated rings. The van der Waals surface area contributed by atoms with Gasteiger partial charge in [-0.1, -0.05) is 29.8 Å². The number of rotatable bonds is 4. The summed E-state index contributed by atoms with van der Waals surface area (Å²) in [6, 6.07) is 16.1. The van der Waals surface area contributed by atoms with Crippen LogP contribution < -0.4 is 10.9 Å². The topological polar surface area (TPSA) is 81.8 Å². The summed E-state index contributed by atoms with van der Waals surface area (Å²) in [7, 11) is 0. The molecule has 0 saturated heterocycles. The zero-order valence-corrected chi connectivity index (χ0v) is 15.7. The van der Waals surface area contributed by atoms with Gasteiger partial charge in [-0.15, -0.1) is 0 Å². The summed E-state index contributed by atoms with van der Waals surface area (Å²) in [5.74, 6) is 0.168. The molecule has 0 aliphatic rings. The summed E-state index contributed by atoms with van der Waals surface area (Å²) in [5, 5.41) is 8.04. The summed E-state index contributed by atoms with van der Waals surface area (Å²) in [4.78, 5) is 29.4. The SMILES string of the molecule is Cc1cc(NC(=O)Cn2cnc3ccc(Cl)cc3c2=O)n(-c2ccccc2)n1. The summed E-state index contributed by atoms with van der Waals surface area (Å²) >= 11 is 5.97. The maximum atomic E-state index is 12.6. The molecule has 1 amide bonds. The van der Waals surface area contributed by atoms with E-state index in [1.807, 2.05) is 37.3 Å². The van der Waals surface area contributed by atoms with Gasteiger partial charge in [0.15, 0.2) is 0 Å². The summed E-state index contributed by atoms with van der Waals surface area (Å²) in [6.45, 7) is 1.67. The van der Waals surface area contributed by atoms with Crippen LogP contribution in [0.25, 0.3) is 16.6 Å². The number of hydrogen-bond donors (Lipinski definition) is 1. The minimum absolute atomic E-state index is 0.173. The minimum Gasteiger partial charge on any atom is -0.309 e. The largest absolute Gasteiger partial charge is 0.309 e. The van der Waals surface area contributed by atoms with E-state index in [9.17, 15) is 9.59 Å². The highest BCUT2D eigenvalue weighted by Crippen LogP contribution is 2.17. The van der Waals surface area contributed by atoms with Gasteiger partial charge in [-0.05, 0) is 37.3 Å². The fourth-order valence-electron chi connectivity index (χ4n) is 2.94. The van der Waals surface area contributed by atoms with E-state index in [1.54, 1.807) is 28.9 Å². The molecule has 0 bridgehead atoms. The molecular formula is C20H16ClN5O2. The quantitative estimate of drug-likeness (QED) is 0.577. The molecule has 0 spiro atoms. The molecule has 4 aromatic rings. The van der Waals surface area contributed by atoms with E-state index in [0.29, 0.717) is 21.7 Å². The lowest BCUT2D eigenvalue weighted by Crippen LogP contribution is -2.28. The van der Waals surface area contributed by atoms with Gasteiger partial charge in [0.1, 0.15) is 12.4 Å². The van der Waals surface area contributed by atoms with Crippen molar-refractivity contribution >= 4 is 34.2 Å². The number of anilines is 1. The maximum absolute atomic E-state index is 12.6. The fraction of sp³-hybridized carbons (Fsp3) is 0.100. The Morgan fingerprint density at radius 2 is 1.93 bits per heavy atom. The number of hydrogen-bond acceptors (Lipinski definition) is 4. The number of fused-ring (bicyclic) bond motifs is 1. The summed E-state index contributed by atoms with van der Waals surface area (Å²) in [5.41, 5.74) is 1.79. The van der Waals surface area contributed by atoms with Crippen molar-refractivity contribution in [3.63, 3.8) is 0 Å². The fourth-order valence-corrected chi connectivity index (χ4v) is 3.11. The molecule has 4 rings (SSSR count). The number of amides is 1. The van der Waals surface area contributed by atoms with Crippen molar-refractivity contribution in [3.05, 3.63) is 82.0 Å². The van der Waals surface area contributed by atoms with Gasteiger partial charge in [0, 0.05) is 11.1 Å². The van der Waals surface area contributed by atoms with E-state index in [1.165, 1.54) is 10.9 Å². The summed E-state index contributed by atoms with van der Waals surface area (Å²) in [6.07, 6.45) is 1.36. The molecule has 0 saturated carbocycles. The Morgan fingerprint density at radius 3 is 2.71 bits per heavy atom. The van der Waals surface area contributed by atoms with Crippen LogP contribution in [0.4, 0.5) is 5.82 Å². The van der Waals surface area contributed by atoms with Gasteiger partial charge < -0.3 is 5.32 Å². The lowest BCUT2D eigenvalue weighted by molar-refractivity contribution is -0.116. The Bertz CT molecular complexity index is 1230. The van der Waals surface area contributed by atoms with Crippen molar-refractivity contribution < 1.29 is 4.79 Å². The minimum atomic E-state index is -0.359. The van der Waals surface area contributed by atoms with E-state index < -0.39 is 0 Å². The van der Waals surface area contributed by atoms with E-state index in [4.69, 9.17) is 11.6 Å². The van der Waals surface area contributed by atoms with Gasteiger partial charge in [0.2, 0.25) is 5.91 Å². The molecule has 0 atom stereocenters. The van der Waals surface area contributed by atoms with Crippen molar-refractivity contribution in [2.24, 2.45) is 0 Å². The number of aryl methyl sites for hydroxylation is 1. The van der Waals surface area contributed by atoms with Gasteiger partial charge in [0.05, 0.1) is 28.6 Å². The average molecular weight is 394 g/mol. The predicted molar refractivity (Wildman–Crippen MR) is 108 cm³/mol. The number of aromatic nitrogens is 4. The molecule has 0 radical (unpaired) electrons. The Kier molecular flexibility index (Phi) is 4.67. The second-order valence-corrected chi connectivity index (χ2v) is 6.74. The summed E-state index contributed by atoms with van der Waals surface area (Å²) < 4.78 is 2.90. The standard InChI is InChI=1S/C20H16ClN5O2/c1-13-9-18(26(24-13)15-5-3-2-4-6-15)23-19(27)11-25-12-22-17-8-7-14(21)10-16(17)20(25)28/h2-10,12H,11H2,1H3,(H,23,27). The monoisotopic (exact) mass is 393 g/mol. The van der Waals surface area contributed by atoms with Gasteiger partial charge in [-0.2, -0.15) is 5.10 Å². The molecule has 2 heterocycles. The van der Waals surface area contributed by atoms with E-state index in [-0.39, 0.29) is 18.0 Å². The first kappa shape index (κ1) is 17.9. The molecule has 2 aromatic carbocycles. The molecule has 0 aliphatic carbocycles. The molecule has 0 aliphatic heterocycles. The number of carbonyl (C=O) groups excluding carboxylic acids is 1. The molecule has 0 unspecified atom stereocenters. The van der Waals surface area contributed by atoms with Crippen molar-refractivity contribution in [2.75, 3.05) is 5.32 Å². The highest BCUT2D eigenvalue weighted by Gasteiger charge is 2.13. The zero-order chi connectivity index (χ0) is 19.7. The van der Waals surface area contributed by atoms with Crippen LogP contribution in [-0.4, -0.2) is 25.2 Å². The number of para-hydroxylation sites is 1. The third-order valence-corrected chi connectivity index (χ3v) is 4.43. The third kappa shape index (κ3) is 3.52. The normalized spacial score (nSPS) is 10.9. The van der Waals surface area contributed by atoms with E-state index in [0.717, 1.165) is 11.4 Å². The van der Waals surface area contributed by atoms with Crippen LogP contribution >= 0.6 is 11.6 Å². The van der Waals surface area contributed by atoms with E-state index in [2.05, 4.69) is 15.4 Å². The number of nitrogens with one attached hydrogen (secondary N) is 1. The first-order chi connectivity index (χ1) is 13.5. The molecule has 140 valence electrons. The third-order valence-electron chi connectivity index (χ3n) is 4.20. The molecular weight excluding hydrogens is 378 g/mol. The van der Waals surface area contributed by atoms with Crippen LogP contribution in [-0.2, 0) is 11.3 Å². The van der Waals surface area contributed by atoms with Crippen molar-refractivity contribution in [2.45, 2.75) is 13.5 Å². The Labute approximate surface area is 165 Å². The maximum Gasteiger partial charge on any atom is 0.261 e. The van der Waals surface area contributed by atoms with Crippen LogP contribution in [0, 0.1) is 6.92 Å². The average Bonchev–Trinajstić information content (AvgIpc) is 3.05. The second kappa shape index (κ2) is 7.28. The second-order valence-electron chi connectivity index (χ2n) is 6.31. The first-order valence-electron chi connectivity index (χ1n) is 8.58. The van der Waals surface area contributed by atoms with Gasteiger partial charge in [0.25, 0.3) is 5.56 Å². The number of carbonyl (C=O) groups is 1.